The molecule has 162 valence electrons. The number of amides is 1. The smallest absolute Gasteiger partial charge is 0.300 e. The molecule has 0 aromatic heterocycles. The van der Waals surface area contributed by atoms with Crippen LogP contribution < -0.4 is 14.4 Å². The van der Waals surface area contributed by atoms with Gasteiger partial charge in [-0.15, -0.1) is 0 Å². The number of methoxy groups -OCH3 is 2. The van der Waals surface area contributed by atoms with Crippen molar-refractivity contribution < 1.29 is 24.2 Å². The molecule has 3 aromatic carbocycles. The number of aliphatic hydroxyl groups excluding tert-OH is 1. The van der Waals surface area contributed by atoms with Crippen molar-refractivity contribution in [2.45, 2.75) is 6.04 Å². The molecule has 4 rings (SSSR count). The minimum absolute atomic E-state index is 0.0374. The lowest BCUT2D eigenvalue weighted by Crippen LogP contribution is -2.29. The Kier molecular flexibility index (Phi) is 5.88. The molecule has 1 N–H and O–H groups in total. The molecule has 6 nitrogen and oxygen atoms in total. The summed E-state index contributed by atoms with van der Waals surface area (Å²) >= 11 is 6.17. The molecule has 1 amide bonds. The van der Waals surface area contributed by atoms with E-state index < -0.39 is 17.7 Å². The van der Waals surface area contributed by atoms with E-state index in [9.17, 15) is 14.7 Å². The molecule has 0 aliphatic carbocycles. The van der Waals surface area contributed by atoms with Gasteiger partial charge in [0, 0.05) is 27.9 Å². The number of carbonyl (C=O) groups excluding carboxylic acids is 2. The third-order valence-corrected chi connectivity index (χ3v) is 5.55. The fraction of sp³-hybridized carbons (Fsp3) is 0.120. The van der Waals surface area contributed by atoms with Crippen molar-refractivity contribution in [1.29, 1.82) is 0 Å². The zero-order chi connectivity index (χ0) is 22.8. The molecule has 1 aliphatic rings. The first-order valence-electron chi connectivity index (χ1n) is 9.80. The Balaban J connectivity index is 2.00. The van der Waals surface area contributed by atoms with Crippen LogP contribution >= 0.6 is 11.6 Å². The average molecular weight is 450 g/mol. The summed E-state index contributed by atoms with van der Waals surface area (Å²) < 4.78 is 10.8. The lowest BCUT2D eigenvalue weighted by Gasteiger charge is -2.27. The van der Waals surface area contributed by atoms with Gasteiger partial charge in [0.15, 0.2) is 0 Å². The monoisotopic (exact) mass is 449 g/mol. The number of halogens is 1. The van der Waals surface area contributed by atoms with Gasteiger partial charge in [0.25, 0.3) is 11.7 Å². The maximum Gasteiger partial charge on any atom is 0.300 e. The predicted octanol–water partition coefficient (Wildman–Crippen LogP) is 4.98. The number of hydrogen-bond donors (Lipinski definition) is 1. The minimum atomic E-state index is -0.936. The highest BCUT2D eigenvalue weighted by atomic mass is 35.5. The van der Waals surface area contributed by atoms with Crippen molar-refractivity contribution in [3.63, 3.8) is 0 Å². The summed E-state index contributed by atoms with van der Waals surface area (Å²) in [4.78, 5) is 27.7. The van der Waals surface area contributed by atoms with Crippen LogP contribution in [0.3, 0.4) is 0 Å². The summed E-state index contributed by atoms with van der Waals surface area (Å²) in [6, 6.07) is 19.4. The van der Waals surface area contributed by atoms with E-state index in [1.165, 1.54) is 19.1 Å². The lowest BCUT2D eigenvalue weighted by atomic mass is 9.94. The third kappa shape index (κ3) is 3.69. The van der Waals surface area contributed by atoms with E-state index in [1.807, 2.05) is 0 Å². The molecule has 1 atom stereocenters. The molecule has 1 saturated heterocycles. The Bertz CT molecular complexity index is 1220. The fourth-order valence-corrected chi connectivity index (χ4v) is 4.00. The van der Waals surface area contributed by atoms with E-state index in [1.54, 1.807) is 72.8 Å². The van der Waals surface area contributed by atoms with Gasteiger partial charge in [0.05, 0.1) is 25.8 Å². The van der Waals surface area contributed by atoms with Crippen LogP contribution in [0.25, 0.3) is 5.76 Å². The summed E-state index contributed by atoms with van der Waals surface area (Å²) in [6.45, 7) is 0. The van der Waals surface area contributed by atoms with Gasteiger partial charge in [0.1, 0.15) is 17.3 Å². The number of ether oxygens (including phenoxy) is 2. The minimum Gasteiger partial charge on any atom is -0.507 e. The maximum atomic E-state index is 13.2. The van der Waals surface area contributed by atoms with Crippen molar-refractivity contribution in [3.8, 4) is 11.5 Å². The van der Waals surface area contributed by atoms with Crippen LogP contribution in [0, 0.1) is 0 Å². The molecule has 0 spiro atoms. The zero-order valence-corrected chi connectivity index (χ0v) is 18.2. The molecule has 0 radical (unpaired) electrons. The number of ketones is 1. The van der Waals surface area contributed by atoms with Crippen LogP contribution in [-0.2, 0) is 9.59 Å². The van der Waals surface area contributed by atoms with Gasteiger partial charge in [-0.2, -0.15) is 0 Å². The van der Waals surface area contributed by atoms with Crippen molar-refractivity contribution in [1.82, 2.24) is 0 Å². The lowest BCUT2D eigenvalue weighted by molar-refractivity contribution is -0.132. The molecule has 0 saturated carbocycles. The summed E-state index contributed by atoms with van der Waals surface area (Å²) in [6.07, 6.45) is 0. The highest BCUT2D eigenvalue weighted by molar-refractivity contribution is 6.51. The second-order valence-electron chi connectivity index (χ2n) is 7.12. The number of Topliss-reactive ketones (excluding diaryl/α,β-unsaturated/α-hetero) is 1. The van der Waals surface area contributed by atoms with Crippen molar-refractivity contribution in [2.24, 2.45) is 0 Å². The Labute approximate surface area is 190 Å². The van der Waals surface area contributed by atoms with Crippen molar-refractivity contribution in [3.05, 3.63) is 94.5 Å². The predicted molar refractivity (Wildman–Crippen MR) is 122 cm³/mol. The normalized spacial score (nSPS) is 17.5. The number of nitrogens with zero attached hydrogens (tertiary/aromatic N) is 1. The average Bonchev–Trinajstić information content (AvgIpc) is 3.08. The number of carbonyl (C=O) groups is 2. The molecule has 1 heterocycles. The molecule has 1 fully saturated rings. The first-order valence-corrected chi connectivity index (χ1v) is 10.2. The molecular formula is C25H20ClNO5. The molecule has 0 bridgehead atoms. The number of rotatable bonds is 5. The van der Waals surface area contributed by atoms with Gasteiger partial charge in [-0.25, -0.2) is 0 Å². The van der Waals surface area contributed by atoms with Crippen LogP contribution in [-0.4, -0.2) is 31.0 Å². The number of aliphatic hydroxyl groups is 1. The van der Waals surface area contributed by atoms with Gasteiger partial charge in [-0.3, -0.25) is 14.5 Å². The van der Waals surface area contributed by atoms with E-state index in [2.05, 4.69) is 0 Å². The summed E-state index contributed by atoms with van der Waals surface area (Å²) in [7, 11) is 3.02. The van der Waals surface area contributed by atoms with Crippen LogP contribution in [0.5, 0.6) is 11.5 Å². The molecule has 3 aromatic rings. The standard InChI is InChI=1S/C25H20ClNO5/c1-31-18-11-12-19(20(14-18)32-2)22-21(23(28)15-7-4-3-5-8-15)24(29)25(30)27(22)17-10-6-9-16(26)13-17/h3-14,22,28H,1-2H3/b23-21+/t22-/m1/s1. The molecule has 1 aliphatic heterocycles. The van der Waals surface area contributed by atoms with E-state index in [0.717, 1.165) is 0 Å². The van der Waals surface area contributed by atoms with Gasteiger partial charge in [-0.05, 0) is 30.3 Å². The highest BCUT2D eigenvalue weighted by Crippen LogP contribution is 2.45. The van der Waals surface area contributed by atoms with Gasteiger partial charge < -0.3 is 14.6 Å². The molecule has 32 heavy (non-hydrogen) atoms. The topological polar surface area (TPSA) is 76.1 Å². The van der Waals surface area contributed by atoms with Gasteiger partial charge in [0.2, 0.25) is 0 Å². The SMILES string of the molecule is COc1ccc([C@@H]2/C(=C(\O)c3ccccc3)C(=O)C(=O)N2c2cccc(Cl)c2)c(OC)c1. The molecule has 7 heteroatoms. The van der Waals surface area contributed by atoms with E-state index in [0.29, 0.717) is 33.3 Å². The van der Waals surface area contributed by atoms with Crippen molar-refractivity contribution >= 4 is 34.7 Å². The first kappa shape index (κ1) is 21.5. The van der Waals surface area contributed by atoms with Crippen LogP contribution in [0.4, 0.5) is 5.69 Å². The van der Waals surface area contributed by atoms with Crippen LogP contribution in [0.2, 0.25) is 5.02 Å². The van der Waals surface area contributed by atoms with E-state index in [-0.39, 0.29) is 11.3 Å². The largest absolute Gasteiger partial charge is 0.507 e. The van der Waals surface area contributed by atoms with Crippen LogP contribution in [0.15, 0.2) is 78.4 Å². The highest BCUT2D eigenvalue weighted by Gasteiger charge is 2.48. The van der Waals surface area contributed by atoms with E-state index >= 15 is 0 Å². The van der Waals surface area contributed by atoms with Crippen molar-refractivity contribution in [2.75, 3.05) is 19.1 Å². The Morgan fingerprint density at radius 1 is 0.938 bits per heavy atom. The summed E-state index contributed by atoms with van der Waals surface area (Å²) in [5.74, 6) is -0.881. The van der Waals surface area contributed by atoms with E-state index in [4.69, 9.17) is 21.1 Å². The van der Waals surface area contributed by atoms with Gasteiger partial charge >= 0.3 is 0 Å². The second-order valence-corrected chi connectivity index (χ2v) is 7.56. The number of benzene rings is 3. The summed E-state index contributed by atoms with van der Waals surface area (Å²) in [5, 5.41) is 11.5. The Morgan fingerprint density at radius 3 is 2.34 bits per heavy atom. The Morgan fingerprint density at radius 2 is 1.69 bits per heavy atom. The zero-order valence-electron chi connectivity index (χ0n) is 17.4. The second kappa shape index (κ2) is 8.77. The molecule has 0 unspecified atom stereocenters. The van der Waals surface area contributed by atoms with Crippen LogP contribution in [0.1, 0.15) is 17.2 Å². The first-order chi connectivity index (χ1) is 15.5. The maximum absolute atomic E-state index is 13.2. The number of anilines is 1. The quantitative estimate of drug-likeness (QED) is 0.337. The number of hydrogen-bond acceptors (Lipinski definition) is 5. The fourth-order valence-electron chi connectivity index (χ4n) is 3.81. The summed E-state index contributed by atoms with van der Waals surface area (Å²) in [5.41, 5.74) is 1.33. The third-order valence-electron chi connectivity index (χ3n) is 5.31. The molecular weight excluding hydrogens is 430 g/mol. The Hall–Kier alpha value is -3.77. The van der Waals surface area contributed by atoms with Gasteiger partial charge in [-0.1, -0.05) is 48.0 Å².